The summed E-state index contributed by atoms with van der Waals surface area (Å²) >= 11 is 5.82. The summed E-state index contributed by atoms with van der Waals surface area (Å²) in [5.41, 5.74) is 8.36. The van der Waals surface area contributed by atoms with Crippen molar-refractivity contribution < 1.29 is 9.26 Å². The third kappa shape index (κ3) is 3.04. The maximum absolute atomic E-state index is 5.89. The number of hydrogen-bond donors (Lipinski definition) is 1. The zero-order chi connectivity index (χ0) is 15.5. The van der Waals surface area contributed by atoms with E-state index >= 15 is 0 Å². The SMILES string of the molecule is Cc1c(N)cccc1-c1noc(COc2ccc(Cl)cc2)n1. The minimum Gasteiger partial charge on any atom is -0.484 e. The van der Waals surface area contributed by atoms with Gasteiger partial charge in [0.05, 0.1) is 0 Å². The lowest BCUT2D eigenvalue weighted by atomic mass is 10.1. The maximum atomic E-state index is 5.89. The van der Waals surface area contributed by atoms with Crippen molar-refractivity contribution in [2.24, 2.45) is 0 Å². The van der Waals surface area contributed by atoms with Crippen LogP contribution in [-0.2, 0) is 6.61 Å². The van der Waals surface area contributed by atoms with Crippen LogP contribution >= 0.6 is 11.6 Å². The van der Waals surface area contributed by atoms with E-state index in [1.165, 1.54) is 0 Å². The number of rotatable bonds is 4. The van der Waals surface area contributed by atoms with Crippen LogP contribution in [0.15, 0.2) is 47.0 Å². The van der Waals surface area contributed by atoms with Crippen LogP contribution in [-0.4, -0.2) is 10.1 Å². The number of nitrogens with two attached hydrogens (primary N) is 1. The second-order valence-corrected chi connectivity index (χ2v) is 5.21. The van der Waals surface area contributed by atoms with E-state index in [2.05, 4.69) is 10.1 Å². The fourth-order valence-corrected chi connectivity index (χ4v) is 2.12. The van der Waals surface area contributed by atoms with E-state index in [4.69, 9.17) is 26.6 Å². The summed E-state index contributed by atoms with van der Waals surface area (Å²) in [4.78, 5) is 4.33. The number of aromatic nitrogens is 2. The van der Waals surface area contributed by atoms with Gasteiger partial charge in [0, 0.05) is 16.3 Å². The lowest BCUT2D eigenvalue weighted by Gasteiger charge is -2.03. The largest absolute Gasteiger partial charge is 0.484 e. The molecule has 0 aliphatic carbocycles. The summed E-state index contributed by atoms with van der Waals surface area (Å²) in [6, 6.07) is 12.7. The van der Waals surface area contributed by atoms with Crippen LogP contribution in [0.25, 0.3) is 11.4 Å². The van der Waals surface area contributed by atoms with Crippen molar-refractivity contribution in [2.45, 2.75) is 13.5 Å². The molecule has 0 unspecified atom stereocenters. The van der Waals surface area contributed by atoms with E-state index in [0.29, 0.717) is 28.2 Å². The van der Waals surface area contributed by atoms with Gasteiger partial charge in [0.2, 0.25) is 5.82 Å². The average molecular weight is 316 g/mol. The number of ether oxygens (including phenoxy) is 1. The fraction of sp³-hybridized carbons (Fsp3) is 0.125. The zero-order valence-corrected chi connectivity index (χ0v) is 12.7. The monoisotopic (exact) mass is 315 g/mol. The highest BCUT2D eigenvalue weighted by Crippen LogP contribution is 2.25. The Hall–Kier alpha value is -2.53. The minimum absolute atomic E-state index is 0.190. The normalized spacial score (nSPS) is 10.6. The predicted octanol–water partition coefficient (Wildman–Crippen LogP) is 3.86. The molecule has 0 atom stereocenters. The topological polar surface area (TPSA) is 74.2 Å². The van der Waals surface area contributed by atoms with E-state index in [0.717, 1.165) is 11.1 Å². The lowest BCUT2D eigenvalue weighted by Crippen LogP contribution is -1.96. The molecule has 0 bridgehead atoms. The van der Waals surface area contributed by atoms with Gasteiger partial charge in [0.25, 0.3) is 5.89 Å². The first-order valence-corrected chi connectivity index (χ1v) is 7.07. The molecule has 112 valence electrons. The van der Waals surface area contributed by atoms with E-state index in [-0.39, 0.29) is 6.61 Å². The molecular weight excluding hydrogens is 302 g/mol. The standard InChI is InChI=1S/C16H14ClN3O2/c1-10-13(3-2-4-14(10)18)16-19-15(22-20-16)9-21-12-7-5-11(17)6-8-12/h2-8H,9,18H2,1H3. The van der Waals surface area contributed by atoms with Crippen molar-refractivity contribution in [3.8, 4) is 17.1 Å². The Labute approximate surface area is 132 Å². The molecule has 3 rings (SSSR count). The Kier molecular flexibility index (Phi) is 3.98. The van der Waals surface area contributed by atoms with Crippen molar-refractivity contribution in [3.05, 3.63) is 58.9 Å². The molecule has 0 radical (unpaired) electrons. The van der Waals surface area contributed by atoms with Gasteiger partial charge in [0.1, 0.15) is 5.75 Å². The molecule has 3 aromatic rings. The van der Waals surface area contributed by atoms with Gasteiger partial charge >= 0.3 is 0 Å². The second kappa shape index (κ2) is 6.07. The predicted molar refractivity (Wildman–Crippen MR) is 84.7 cm³/mol. The van der Waals surface area contributed by atoms with Crippen LogP contribution in [0, 0.1) is 6.92 Å². The molecular formula is C16H14ClN3O2. The van der Waals surface area contributed by atoms with Gasteiger partial charge in [-0.15, -0.1) is 0 Å². The van der Waals surface area contributed by atoms with E-state index < -0.39 is 0 Å². The summed E-state index contributed by atoms with van der Waals surface area (Å²) in [6.45, 7) is 2.11. The molecule has 0 saturated heterocycles. The third-order valence-corrected chi connectivity index (χ3v) is 3.51. The highest BCUT2D eigenvalue weighted by Gasteiger charge is 2.12. The van der Waals surface area contributed by atoms with Crippen molar-refractivity contribution >= 4 is 17.3 Å². The minimum atomic E-state index is 0.190. The summed E-state index contributed by atoms with van der Waals surface area (Å²) in [7, 11) is 0. The second-order valence-electron chi connectivity index (χ2n) is 4.77. The van der Waals surface area contributed by atoms with Crippen LogP contribution in [0.3, 0.4) is 0 Å². The Morgan fingerprint density at radius 3 is 2.73 bits per heavy atom. The number of anilines is 1. The highest BCUT2D eigenvalue weighted by molar-refractivity contribution is 6.30. The molecule has 22 heavy (non-hydrogen) atoms. The van der Waals surface area contributed by atoms with Crippen LogP contribution in [0.4, 0.5) is 5.69 Å². The molecule has 1 aromatic heterocycles. The quantitative estimate of drug-likeness (QED) is 0.740. The Bertz CT molecular complexity index is 784. The summed E-state index contributed by atoms with van der Waals surface area (Å²) in [5, 5.41) is 4.63. The summed E-state index contributed by atoms with van der Waals surface area (Å²) in [6.07, 6.45) is 0. The number of benzene rings is 2. The molecule has 0 aliphatic rings. The number of nitrogen functional groups attached to an aromatic ring is 1. The Morgan fingerprint density at radius 2 is 1.95 bits per heavy atom. The van der Waals surface area contributed by atoms with Crippen LogP contribution in [0.1, 0.15) is 11.5 Å². The fourth-order valence-electron chi connectivity index (χ4n) is 1.99. The van der Waals surface area contributed by atoms with Crippen LogP contribution in [0.5, 0.6) is 5.75 Å². The summed E-state index contributed by atoms with van der Waals surface area (Å²) < 4.78 is 10.8. The molecule has 1 heterocycles. The molecule has 0 saturated carbocycles. The van der Waals surface area contributed by atoms with Gasteiger partial charge in [-0.25, -0.2) is 0 Å². The zero-order valence-electron chi connectivity index (χ0n) is 11.9. The maximum Gasteiger partial charge on any atom is 0.264 e. The van der Waals surface area contributed by atoms with Crippen molar-refractivity contribution in [2.75, 3.05) is 5.73 Å². The first-order chi connectivity index (χ1) is 10.6. The highest BCUT2D eigenvalue weighted by atomic mass is 35.5. The van der Waals surface area contributed by atoms with Crippen LogP contribution in [0.2, 0.25) is 5.02 Å². The molecule has 5 nitrogen and oxygen atoms in total. The van der Waals surface area contributed by atoms with Gasteiger partial charge in [-0.2, -0.15) is 4.98 Å². The summed E-state index contributed by atoms with van der Waals surface area (Å²) in [5.74, 6) is 1.58. The average Bonchev–Trinajstić information content (AvgIpc) is 2.98. The van der Waals surface area contributed by atoms with Gasteiger partial charge in [-0.1, -0.05) is 28.9 Å². The number of hydrogen-bond acceptors (Lipinski definition) is 5. The number of nitrogens with zero attached hydrogens (tertiary/aromatic N) is 2. The van der Waals surface area contributed by atoms with Crippen LogP contribution < -0.4 is 10.5 Å². The van der Waals surface area contributed by atoms with Crippen molar-refractivity contribution in [1.82, 2.24) is 10.1 Å². The molecule has 0 fully saturated rings. The molecule has 0 amide bonds. The molecule has 2 aromatic carbocycles. The van der Waals surface area contributed by atoms with E-state index in [1.807, 2.05) is 25.1 Å². The van der Waals surface area contributed by atoms with Gasteiger partial charge in [-0.3, -0.25) is 0 Å². The van der Waals surface area contributed by atoms with Crippen molar-refractivity contribution in [3.63, 3.8) is 0 Å². The van der Waals surface area contributed by atoms with Gasteiger partial charge in [0.15, 0.2) is 6.61 Å². The Balaban J connectivity index is 1.74. The van der Waals surface area contributed by atoms with Gasteiger partial charge in [-0.05, 0) is 42.8 Å². The molecule has 2 N–H and O–H groups in total. The smallest absolute Gasteiger partial charge is 0.264 e. The number of halogens is 1. The molecule has 0 aliphatic heterocycles. The molecule has 0 spiro atoms. The van der Waals surface area contributed by atoms with E-state index in [9.17, 15) is 0 Å². The van der Waals surface area contributed by atoms with Gasteiger partial charge < -0.3 is 15.0 Å². The van der Waals surface area contributed by atoms with E-state index in [1.54, 1.807) is 24.3 Å². The van der Waals surface area contributed by atoms with Crippen molar-refractivity contribution in [1.29, 1.82) is 0 Å². The third-order valence-electron chi connectivity index (χ3n) is 3.26. The first-order valence-electron chi connectivity index (χ1n) is 6.70. The molecule has 6 heteroatoms. The lowest BCUT2D eigenvalue weighted by molar-refractivity contribution is 0.243. The Morgan fingerprint density at radius 1 is 1.18 bits per heavy atom. The first kappa shape index (κ1) is 14.4.